The topological polar surface area (TPSA) is 57.1 Å². The summed E-state index contributed by atoms with van der Waals surface area (Å²) in [5, 5.41) is 0. The van der Waals surface area contributed by atoms with Crippen LogP contribution in [0.4, 0.5) is 0 Å². The van der Waals surface area contributed by atoms with E-state index in [-0.39, 0.29) is 6.10 Å². The SMILES string of the molecule is COc1ccc2c(c1)O[C@@H](COCc1ccccc1)C/C2=N\[S@@](=O)C(C)(C)C. The van der Waals surface area contributed by atoms with Crippen LogP contribution >= 0.6 is 0 Å². The van der Waals surface area contributed by atoms with Gasteiger partial charge in [-0.15, -0.1) is 0 Å². The molecule has 5 nitrogen and oxygen atoms in total. The minimum absolute atomic E-state index is 0.195. The van der Waals surface area contributed by atoms with Crippen molar-refractivity contribution in [3.63, 3.8) is 0 Å². The summed E-state index contributed by atoms with van der Waals surface area (Å²) < 4.78 is 34.0. The molecule has 0 fully saturated rings. The second-order valence-electron chi connectivity index (χ2n) is 7.71. The minimum atomic E-state index is -1.34. The maximum absolute atomic E-state index is 12.6. The zero-order valence-electron chi connectivity index (χ0n) is 16.8. The Morgan fingerprint density at radius 1 is 1.18 bits per heavy atom. The number of fused-ring (bicyclic) bond motifs is 1. The maximum atomic E-state index is 12.6. The molecule has 2 aromatic rings. The minimum Gasteiger partial charge on any atom is -0.497 e. The van der Waals surface area contributed by atoms with Gasteiger partial charge in [0.2, 0.25) is 0 Å². The van der Waals surface area contributed by atoms with Crippen LogP contribution in [0.1, 0.15) is 38.3 Å². The molecule has 0 bridgehead atoms. The smallest absolute Gasteiger partial charge is 0.145 e. The van der Waals surface area contributed by atoms with Crippen molar-refractivity contribution in [1.82, 2.24) is 0 Å². The highest BCUT2D eigenvalue weighted by molar-refractivity contribution is 7.85. The lowest BCUT2D eigenvalue weighted by atomic mass is 10.00. The van der Waals surface area contributed by atoms with Crippen LogP contribution in [0.15, 0.2) is 52.9 Å². The molecule has 0 N–H and O–H groups in total. The summed E-state index contributed by atoms with van der Waals surface area (Å²) in [6, 6.07) is 15.6. The van der Waals surface area contributed by atoms with Crippen LogP contribution in [0.3, 0.4) is 0 Å². The number of methoxy groups -OCH3 is 1. The Labute approximate surface area is 169 Å². The Balaban J connectivity index is 1.78. The normalized spacial score (nSPS) is 19.0. The predicted molar refractivity (Wildman–Crippen MR) is 113 cm³/mol. The van der Waals surface area contributed by atoms with Crippen molar-refractivity contribution in [2.75, 3.05) is 13.7 Å². The average molecular weight is 402 g/mol. The number of benzene rings is 2. The van der Waals surface area contributed by atoms with E-state index >= 15 is 0 Å². The molecule has 0 saturated heterocycles. The molecule has 1 heterocycles. The molecular weight excluding hydrogens is 374 g/mol. The van der Waals surface area contributed by atoms with Crippen molar-refractivity contribution in [2.24, 2.45) is 4.40 Å². The maximum Gasteiger partial charge on any atom is 0.145 e. The fourth-order valence-corrected chi connectivity index (χ4v) is 3.46. The molecule has 1 aliphatic heterocycles. The first-order valence-electron chi connectivity index (χ1n) is 9.33. The van der Waals surface area contributed by atoms with Crippen LogP contribution in [0.5, 0.6) is 11.5 Å². The molecule has 0 aromatic heterocycles. The molecule has 2 atom stereocenters. The molecule has 150 valence electrons. The van der Waals surface area contributed by atoms with Crippen LogP contribution in [-0.4, -0.2) is 34.5 Å². The molecule has 0 radical (unpaired) electrons. The fourth-order valence-electron chi connectivity index (χ4n) is 2.81. The fraction of sp³-hybridized carbons (Fsp3) is 0.409. The van der Waals surface area contributed by atoms with Crippen molar-refractivity contribution in [3.8, 4) is 11.5 Å². The van der Waals surface area contributed by atoms with Crippen molar-refractivity contribution >= 4 is 16.7 Å². The van der Waals surface area contributed by atoms with Crippen molar-refractivity contribution in [3.05, 3.63) is 59.7 Å². The third kappa shape index (κ3) is 5.20. The third-order valence-electron chi connectivity index (χ3n) is 4.35. The first kappa shape index (κ1) is 20.6. The lowest BCUT2D eigenvalue weighted by Gasteiger charge is -2.28. The average Bonchev–Trinajstić information content (AvgIpc) is 2.67. The van der Waals surface area contributed by atoms with Crippen molar-refractivity contribution in [2.45, 2.75) is 44.6 Å². The first-order valence-corrected chi connectivity index (χ1v) is 10.4. The molecule has 0 saturated carbocycles. The number of hydrogen-bond acceptors (Lipinski definition) is 4. The van der Waals surface area contributed by atoms with E-state index in [2.05, 4.69) is 4.40 Å². The van der Waals surface area contributed by atoms with E-state index in [1.165, 1.54) is 0 Å². The zero-order valence-corrected chi connectivity index (χ0v) is 17.6. The Morgan fingerprint density at radius 3 is 2.61 bits per heavy atom. The third-order valence-corrected chi connectivity index (χ3v) is 5.78. The molecule has 0 spiro atoms. The van der Waals surface area contributed by atoms with E-state index in [1.54, 1.807) is 7.11 Å². The summed E-state index contributed by atoms with van der Waals surface area (Å²) in [4.78, 5) is 0. The Morgan fingerprint density at radius 2 is 1.93 bits per heavy atom. The molecule has 28 heavy (non-hydrogen) atoms. The molecular formula is C22H27NO4S. The largest absolute Gasteiger partial charge is 0.497 e. The van der Waals surface area contributed by atoms with Gasteiger partial charge in [-0.25, -0.2) is 4.21 Å². The van der Waals surface area contributed by atoms with Gasteiger partial charge in [0, 0.05) is 18.1 Å². The number of hydrogen-bond donors (Lipinski definition) is 0. The Kier molecular flexibility index (Phi) is 6.52. The molecule has 3 rings (SSSR count). The summed E-state index contributed by atoms with van der Waals surface area (Å²) in [6.07, 6.45) is 0.356. The zero-order chi connectivity index (χ0) is 20.1. The summed E-state index contributed by atoms with van der Waals surface area (Å²) in [7, 11) is 0.280. The van der Waals surface area contributed by atoms with E-state index < -0.39 is 15.7 Å². The van der Waals surface area contributed by atoms with Gasteiger partial charge in [-0.3, -0.25) is 0 Å². The summed E-state index contributed by atoms with van der Waals surface area (Å²) in [5.41, 5.74) is 2.76. The van der Waals surface area contributed by atoms with Gasteiger partial charge in [-0.2, -0.15) is 4.40 Å². The number of rotatable bonds is 6. The predicted octanol–water partition coefficient (Wildman–Crippen LogP) is 4.31. The first-order chi connectivity index (χ1) is 13.4. The Bertz CT molecular complexity index is 859. The lowest BCUT2D eigenvalue weighted by Crippen LogP contribution is -2.32. The quantitative estimate of drug-likeness (QED) is 0.724. The van der Waals surface area contributed by atoms with Crippen LogP contribution in [0, 0.1) is 0 Å². The number of ether oxygens (including phenoxy) is 3. The van der Waals surface area contributed by atoms with E-state index in [1.807, 2.05) is 69.3 Å². The second kappa shape index (κ2) is 8.88. The van der Waals surface area contributed by atoms with Gasteiger partial charge >= 0.3 is 0 Å². The monoisotopic (exact) mass is 401 g/mol. The van der Waals surface area contributed by atoms with Gasteiger partial charge in [0.05, 0.1) is 30.8 Å². The van der Waals surface area contributed by atoms with Gasteiger partial charge in [0.1, 0.15) is 28.6 Å². The number of nitrogens with zero attached hydrogens (tertiary/aromatic N) is 1. The summed E-state index contributed by atoms with van der Waals surface area (Å²) in [6.45, 7) is 6.70. The van der Waals surface area contributed by atoms with E-state index in [9.17, 15) is 4.21 Å². The van der Waals surface area contributed by atoms with Gasteiger partial charge in [0.25, 0.3) is 0 Å². The van der Waals surface area contributed by atoms with Gasteiger partial charge < -0.3 is 14.2 Å². The lowest BCUT2D eigenvalue weighted by molar-refractivity contribution is 0.0420. The van der Waals surface area contributed by atoms with Crippen LogP contribution in [-0.2, 0) is 22.3 Å². The van der Waals surface area contributed by atoms with Crippen LogP contribution < -0.4 is 9.47 Å². The van der Waals surface area contributed by atoms with Crippen molar-refractivity contribution in [1.29, 1.82) is 0 Å². The van der Waals surface area contributed by atoms with E-state index in [4.69, 9.17) is 14.2 Å². The summed E-state index contributed by atoms with van der Waals surface area (Å²) in [5.74, 6) is 1.39. The summed E-state index contributed by atoms with van der Waals surface area (Å²) >= 11 is 0. The van der Waals surface area contributed by atoms with Crippen LogP contribution in [0.25, 0.3) is 0 Å². The standard InChI is InChI=1S/C22H27NO4S/c1-22(2,3)28(24)23-20-12-18(15-26-14-16-8-6-5-7-9-16)27-21-13-17(25-4)10-11-19(20)21/h5-11,13,18H,12,14-15H2,1-4H3/b23-20+/t18-,28+/m1/s1. The highest BCUT2D eigenvalue weighted by atomic mass is 32.2. The molecule has 6 heteroatoms. The highest BCUT2D eigenvalue weighted by Gasteiger charge is 2.28. The second-order valence-corrected chi connectivity index (χ2v) is 9.61. The van der Waals surface area contributed by atoms with E-state index in [0.29, 0.717) is 31.1 Å². The van der Waals surface area contributed by atoms with E-state index in [0.717, 1.165) is 16.8 Å². The van der Waals surface area contributed by atoms with Gasteiger partial charge in [0.15, 0.2) is 0 Å². The molecule has 0 unspecified atom stereocenters. The molecule has 0 aliphatic carbocycles. The van der Waals surface area contributed by atoms with Crippen LogP contribution in [0.2, 0.25) is 0 Å². The van der Waals surface area contributed by atoms with Gasteiger partial charge in [-0.1, -0.05) is 30.3 Å². The van der Waals surface area contributed by atoms with Crippen molar-refractivity contribution < 1.29 is 18.4 Å². The molecule has 2 aromatic carbocycles. The molecule has 0 amide bonds. The highest BCUT2D eigenvalue weighted by Crippen LogP contribution is 2.32. The van der Waals surface area contributed by atoms with Gasteiger partial charge in [-0.05, 0) is 38.5 Å². The Hall–Kier alpha value is -2.18. The molecule has 1 aliphatic rings.